The van der Waals surface area contributed by atoms with Gasteiger partial charge in [0, 0.05) is 13.6 Å². The average molecular weight is 363 g/mol. The standard InChI is InChI=1S/C13H21N3O5S2/c1-3-4-10-14-13(17)11-16(2)23(20,21)15-22(18,19)12-8-6-5-7-9-12/h5-9,15H,3-4,10-11H2,1-2H3,(H,14,17). The van der Waals surface area contributed by atoms with E-state index in [2.05, 4.69) is 5.32 Å². The summed E-state index contributed by atoms with van der Waals surface area (Å²) in [5, 5.41) is 2.56. The van der Waals surface area contributed by atoms with E-state index >= 15 is 0 Å². The van der Waals surface area contributed by atoms with E-state index in [1.54, 1.807) is 10.2 Å². The lowest BCUT2D eigenvalue weighted by molar-refractivity contribution is -0.121. The Hall–Kier alpha value is -1.49. The molecule has 0 fully saturated rings. The van der Waals surface area contributed by atoms with Crippen molar-refractivity contribution in [2.45, 2.75) is 24.7 Å². The molecule has 0 unspecified atom stereocenters. The first-order valence-corrected chi connectivity index (χ1v) is 9.93. The summed E-state index contributed by atoms with van der Waals surface area (Å²) >= 11 is 0. The highest BCUT2D eigenvalue weighted by Crippen LogP contribution is 2.09. The number of sulfonamides is 1. The topological polar surface area (TPSA) is 113 Å². The van der Waals surface area contributed by atoms with Gasteiger partial charge in [0.15, 0.2) is 0 Å². The summed E-state index contributed by atoms with van der Waals surface area (Å²) in [6, 6.07) is 7.11. The van der Waals surface area contributed by atoms with E-state index in [1.807, 2.05) is 6.92 Å². The fraction of sp³-hybridized carbons (Fsp3) is 0.462. The van der Waals surface area contributed by atoms with Crippen LogP contribution >= 0.6 is 0 Å². The van der Waals surface area contributed by atoms with Crippen LogP contribution in [0.2, 0.25) is 0 Å². The van der Waals surface area contributed by atoms with Gasteiger partial charge in [0.1, 0.15) is 0 Å². The van der Waals surface area contributed by atoms with Gasteiger partial charge >= 0.3 is 0 Å². The number of benzene rings is 1. The van der Waals surface area contributed by atoms with E-state index < -0.39 is 32.7 Å². The quantitative estimate of drug-likeness (QED) is 0.602. The van der Waals surface area contributed by atoms with Crippen molar-refractivity contribution in [2.75, 3.05) is 20.1 Å². The van der Waals surface area contributed by atoms with E-state index in [0.717, 1.165) is 19.9 Å². The molecular formula is C13H21N3O5S2. The Kier molecular flexibility index (Phi) is 7.13. The SMILES string of the molecule is CCCCNC(=O)CN(C)S(=O)(=O)NS(=O)(=O)c1ccccc1. The number of rotatable bonds is 9. The summed E-state index contributed by atoms with van der Waals surface area (Å²) in [5.74, 6) is -0.497. The van der Waals surface area contributed by atoms with Crippen LogP contribution in [0.4, 0.5) is 0 Å². The monoisotopic (exact) mass is 363 g/mol. The second-order valence-electron chi connectivity index (χ2n) is 4.86. The summed E-state index contributed by atoms with van der Waals surface area (Å²) in [4.78, 5) is 11.4. The molecule has 0 saturated heterocycles. The second kappa shape index (κ2) is 8.39. The molecule has 1 aromatic rings. The molecule has 2 N–H and O–H groups in total. The van der Waals surface area contributed by atoms with Crippen molar-refractivity contribution < 1.29 is 21.6 Å². The van der Waals surface area contributed by atoms with Crippen LogP contribution in [-0.4, -0.2) is 47.2 Å². The zero-order chi connectivity index (χ0) is 17.5. The summed E-state index contributed by atoms with van der Waals surface area (Å²) in [7, 11) is -7.46. The third-order valence-corrected chi connectivity index (χ3v) is 6.46. The molecule has 0 atom stereocenters. The highest BCUT2D eigenvalue weighted by molar-refractivity contribution is 8.03. The number of hydrogen-bond acceptors (Lipinski definition) is 5. The molecule has 1 amide bonds. The van der Waals surface area contributed by atoms with Gasteiger partial charge in [-0.25, -0.2) is 8.42 Å². The zero-order valence-electron chi connectivity index (χ0n) is 13.0. The van der Waals surface area contributed by atoms with Crippen LogP contribution < -0.4 is 9.44 Å². The van der Waals surface area contributed by atoms with Crippen molar-refractivity contribution in [1.29, 1.82) is 0 Å². The summed E-state index contributed by atoms with van der Waals surface area (Å²) in [6.45, 7) is 1.93. The number of carbonyl (C=O) groups is 1. The van der Waals surface area contributed by atoms with Crippen LogP contribution in [0, 0.1) is 0 Å². The maximum atomic E-state index is 12.0. The molecule has 0 aliphatic rings. The Morgan fingerprint density at radius 1 is 1.13 bits per heavy atom. The van der Waals surface area contributed by atoms with Crippen molar-refractivity contribution in [2.24, 2.45) is 0 Å². The highest BCUT2D eigenvalue weighted by Gasteiger charge is 2.27. The lowest BCUT2D eigenvalue weighted by Crippen LogP contribution is -2.45. The first kappa shape index (κ1) is 19.6. The average Bonchev–Trinajstić information content (AvgIpc) is 2.47. The number of unbranched alkanes of at least 4 members (excludes halogenated alkanes) is 1. The molecule has 0 aliphatic heterocycles. The van der Waals surface area contributed by atoms with Crippen LogP contribution in [0.1, 0.15) is 19.8 Å². The van der Waals surface area contributed by atoms with E-state index in [4.69, 9.17) is 0 Å². The molecular weight excluding hydrogens is 342 g/mol. The van der Waals surface area contributed by atoms with E-state index in [0.29, 0.717) is 10.8 Å². The van der Waals surface area contributed by atoms with Crippen LogP contribution in [0.25, 0.3) is 0 Å². The number of amides is 1. The highest BCUT2D eigenvalue weighted by atomic mass is 32.3. The third-order valence-electron chi connectivity index (χ3n) is 2.90. The number of hydrogen-bond donors (Lipinski definition) is 2. The van der Waals surface area contributed by atoms with Crippen molar-refractivity contribution in [3.05, 3.63) is 30.3 Å². The number of likely N-dealkylation sites (N-methyl/N-ethyl adjacent to an activating group) is 1. The lowest BCUT2D eigenvalue weighted by atomic mass is 10.3. The largest absolute Gasteiger partial charge is 0.355 e. The maximum Gasteiger partial charge on any atom is 0.293 e. The summed E-state index contributed by atoms with van der Waals surface area (Å²) in [5.41, 5.74) is 0. The van der Waals surface area contributed by atoms with Gasteiger partial charge in [0.05, 0.1) is 11.4 Å². The van der Waals surface area contributed by atoms with Crippen molar-refractivity contribution in [1.82, 2.24) is 13.7 Å². The zero-order valence-corrected chi connectivity index (χ0v) is 14.7. The predicted molar refractivity (Wildman–Crippen MR) is 86.2 cm³/mol. The van der Waals surface area contributed by atoms with E-state index in [1.165, 1.54) is 24.3 Å². The minimum atomic E-state index is -4.36. The maximum absolute atomic E-state index is 12.0. The molecule has 0 saturated carbocycles. The molecule has 0 bridgehead atoms. The van der Waals surface area contributed by atoms with Gasteiger partial charge in [-0.2, -0.15) is 12.7 Å². The first-order chi connectivity index (χ1) is 10.7. The van der Waals surface area contributed by atoms with E-state index in [9.17, 15) is 21.6 Å². The summed E-state index contributed by atoms with van der Waals surface area (Å²) in [6.07, 6.45) is 1.67. The summed E-state index contributed by atoms with van der Waals surface area (Å²) < 4.78 is 50.4. The predicted octanol–water partition coefficient (Wildman–Crippen LogP) is 0.0578. The van der Waals surface area contributed by atoms with Crippen LogP contribution in [0.15, 0.2) is 35.2 Å². The van der Waals surface area contributed by atoms with Gasteiger partial charge in [0.2, 0.25) is 5.91 Å². The Morgan fingerprint density at radius 3 is 2.30 bits per heavy atom. The van der Waals surface area contributed by atoms with Gasteiger partial charge in [-0.05, 0) is 18.6 Å². The second-order valence-corrected chi connectivity index (χ2v) is 8.58. The van der Waals surface area contributed by atoms with Crippen molar-refractivity contribution in [3.63, 3.8) is 0 Å². The normalized spacial score (nSPS) is 12.3. The van der Waals surface area contributed by atoms with Gasteiger partial charge < -0.3 is 5.32 Å². The molecule has 0 aromatic heterocycles. The van der Waals surface area contributed by atoms with Gasteiger partial charge in [-0.1, -0.05) is 35.7 Å². The minimum Gasteiger partial charge on any atom is -0.355 e. The van der Waals surface area contributed by atoms with Crippen LogP contribution in [-0.2, 0) is 25.0 Å². The molecule has 1 aromatic carbocycles. The smallest absolute Gasteiger partial charge is 0.293 e. The molecule has 0 aliphatic carbocycles. The Balaban J connectivity index is 2.73. The molecule has 8 nitrogen and oxygen atoms in total. The third kappa shape index (κ3) is 6.26. The first-order valence-electron chi connectivity index (χ1n) is 7.00. The van der Waals surface area contributed by atoms with Crippen molar-refractivity contribution >= 4 is 26.1 Å². The fourth-order valence-corrected chi connectivity index (χ4v) is 4.40. The Bertz CT molecular complexity index is 717. The fourth-order valence-electron chi connectivity index (χ4n) is 1.60. The molecule has 0 radical (unpaired) electrons. The lowest BCUT2D eigenvalue weighted by Gasteiger charge is -2.17. The van der Waals surface area contributed by atoms with Crippen LogP contribution in [0.5, 0.6) is 0 Å². The number of carbonyl (C=O) groups excluding carboxylic acids is 1. The molecule has 10 heteroatoms. The number of nitrogens with zero attached hydrogens (tertiary/aromatic N) is 1. The Labute approximate surface area is 137 Å². The molecule has 1 rings (SSSR count). The molecule has 0 spiro atoms. The van der Waals surface area contributed by atoms with Gasteiger partial charge in [-0.3, -0.25) is 4.79 Å². The number of nitrogens with one attached hydrogen (secondary N) is 2. The van der Waals surface area contributed by atoms with Crippen LogP contribution in [0.3, 0.4) is 0 Å². The van der Waals surface area contributed by atoms with Gasteiger partial charge in [-0.15, -0.1) is 0 Å². The van der Waals surface area contributed by atoms with E-state index in [-0.39, 0.29) is 4.90 Å². The molecule has 130 valence electrons. The van der Waals surface area contributed by atoms with Crippen molar-refractivity contribution in [3.8, 4) is 0 Å². The minimum absolute atomic E-state index is 0.177. The molecule has 0 heterocycles. The molecule has 23 heavy (non-hydrogen) atoms. The Morgan fingerprint density at radius 2 is 1.74 bits per heavy atom. The van der Waals surface area contributed by atoms with Gasteiger partial charge in [0.25, 0.3) is 20.2 Å².